The van der Waals surface area contributed by atoms with Gasteiger partial charge < -0.3 is 9.88 Å². The Morgan fingerprint density at radius 1 is 1.03 bits per heavy atom. The fraction of sp³-hybridized carbons (Fsp3) is 0.300. The van der Waals surface area contributed by atoms with Crippen LogP contribution >= 0.6 is 0 Å². The Kier molecular flexibility index (Phi) is 6.91. The molecule has 3 rings (SSSR count). The third-order valence-electron chi connectivity index (χ3n) is 4.58. The fourth-order valence-electron chi connectivity index (χ4n) is 2.99. The monoisotopic (exact) mass is 428 g/mol. The van der Waals surface area contributed by atoms with Crippen LogP contribution in [0.15, 0.2) is 60.0 Å². The van der Waals surface area contributed by atoms with E-state index in [9.17, 15) is 13.2 Å². The van der Waals surface area contributed by atoms with Crippen LogP contribution in [-0.2, 0) is 16.6 Å². The lowest BCUT2D eigenvalue weighted by atomic mass is 10.2. The van der Waals surface area contributed by atoms with Crippen LogP contribution in [0.25, 0.3) is 11.6 Å². The Morgan fingerprint density at radius 3 is 2.33 bits per heavy atom. The summed E-state index contributed by atoms with van der Waals surface area (Å²) < 4.78 is 28.3. The Hall–Kier alpha value is -3.11. The Balaban J connectivity index is 1.61. The van der Waals surface area contributed by atoms with E-state index in [0.29, 0.717) is 43.4 Å². The molecule has 2 heterocycles. The number of amides is 1. The molecule has 3 aromatic rings. The third kappa shape index (κ3) is 4.71. The highest BCUT2D eigenvalue weighted by molar-refractivity contribution is 7.89. The molecule has 9 nitrogen and oxygen atoms in total. The van der Waals surface area contributed by atoms with Crippen LogP contribution < -0.4 is 5.32 Å². The molecule has 158 valence electrons. The van der Waals surface area contributed by atoms with Crippen LogP contribution in [0.4, 0.5) is 0 Å². The van der Waals surface area contributed by atoms with Crippen LogP contribution in [0.2, 0.25) is 0 Å². The van der Waals surface area contributed by atoms with Crippen molar-refractivity contribution in [2.45, 2.75) is 25.3 Å². The van der Waals surface area contributed by atoms with Crippen LogP contribution in [-0.4, -0.2) is 57.8 Å². The predicted molar refractivity (Wildman–Crippen MR) is 112 cm³/mol. The normalized spacial score (nSPS) is 11.6. The molecule has 1 aromatic carbocycles. The molecule has 0 fully saturated rings. The summed E-state index contributed by atoms with van der Waals surface area (Å²) in [4.78, 5) is 25.2. The first kappa shape index (κ1) is 21.6. The quantitative estimate of drug-likeness (QED) is 0.556. The highest BCUT2D eigenvalue weighted by atomic mass is 32.2. The maximum atomic E-state index is 12.5. The second kappa shape index (κ2) is 9.59. The minimum absolute atomic E-state index is 0.175. The number of hydrogen-bond donors (Lipinski definition) is 1. The summed E-state index contributed by atoms with van der Waals surface area (Å²) in [5.74, 6) is 0.856. The molecule has 1 N–H and O–H groups in total. The van der Waals surface area contributed by atoms with E-state index in [4.69, 9.17) is 0 Å². The Labute approximate surface area is 175 Å². The van der Waals surface area contributed by atoms with Crippen LogP contribution in [0.5, 0.6) is 0 Å². The van der Waals surface area contributed by atoms with Crippen molar-refractivity contribution < 1.29 is 13.2 Å². The van der Waals surface area contributed by atoms with Gasteiger partial charge in [0.15, 0.2) is 11.6 Å². The second-order valence-corrected chi connectivity index (χ2v) is 8.32. The lowest BCUT2D eigenvalue weighted by molar-refractivity contribution is 0.0952. The summed E-state index contributed by atoms with van der Waals surface area (Å²) in [5.41, 5.74) is 0.394. The summed E-state index contributed by atoms with van der Waals surface area (Å²) in [6.07, 6.45) is 6.74. The third-order valence-corrected chi connectivity index (χ3v) is 6.64. The van der Waals surface area contributed by atoms with Crippen molar-refractivity contribution in [2.75, 3.05) is 19.6 Å². The van der Waals surface area contributed by atoms with Crippen LogP contribution in [0.3, 0.4) is 0 Å². The topological polar surface area (TPSA) is 110 Å². The minimum atomic E-state index is -3.54. The van der Waals surface area contributed by atoms with Crippen molar-refractivity contribution in [1.29, 1.82) is 0 Å². The Bertz CT molecular complexity index is 1080. The average Bonchev–Trinajstić information content (AvgIpc) is 3.23. The van der Waals surface area contributed by atoms with Crippen molar-refractivity contribution in [2.24, 2.45) is 0 Å². The van der Waals surface area contributed by atoms with Crippen molar-refractivity contribution in [3.63, 3.8) is 0 Å². The van der Waals surface area contributed by atoms with Gasteiger partial charge >= 0.3 is 0 Å². The summed E-state index contributed by atoms with van der Waals surface area (Å²) >= 11 is 0. The summed E-state index contributed by atoms with van der Waals surface area (Å²) in [6.45, 7) is 5.23. The van der Waals surface area contributed by atoms with E-state index in [1.165, 1.54) is 28.6 Å². The van der Waals surface area contributed by atoms with Gasteiger partial charge in [-0.3, -0.25) is 4.79 Å². The zero-order chi connectivity index (χ0) is 21.6. The summed E-state index contributed by atoms with van der Waals surface area (Å²) in [5, 5.41) is 2.83. The van der Waals surface area contributed by atoms with Gasteiger partial charge in [0.1, 0.15) is 0 Å². The molecule has 1 amide bonds. The fourth-order valence-corrected chi connectivity index (χ4v) is 4.45. The first-order valence-electron chi connectivity index (χ1n) is 9.64. The molecule has 0 aliphatic heterocycles. The minimum Gasteiger partial charge on any atom is -0.350 e. The van der Waals surface area contributed by atoms with E-state index < -0.39 is 10.0 Å². The number of aromatic nitrogens is 4. The number of sulfonamides is 1. The van der Waals surface area contributed by atoms with E-state index in [1.54, 1.807) is 44.7 Å². The molecule has 0 radical (unpaired) electrons. The molecule has 0 unspecified atom stereocenters. The molecule has 0 atom stereocenters. The first-order chi connectivity index (χ1) is 14.5. The van der Waals surface area contributed by atoms with Gasteiger partial charge in [0, 0.05) is 56.5 Å². The van der Waals surface area contributed by atoms with Crippen molar-refractivity contribution >= 4 is 15.9 Å². The lowest BCUT2D eigenvalue weighted by Gasteiger charge is -2.18. The van der Waals surface area contributed by atoms with E-state index in [0.717, 1.165) is 0 Å². The number of imidazole rings is 1. The zero-order valence-corrected chi connectivity index (χ0v) is 17.7. The summed E-state index contributed by atoms with van der Waals surface area (Å²) in [6, 6.07) is 7.69. The molecule has 0 saturated heterocycles. The average molecular weight is 429 g/mol. The molecular formula is C20H24N6O3S. The van der Waals surface area contributed by atoms with E-state index in [-0.39, 0.29) is 10.8 Å². The number of carbonyl (C=O) groups excluding carboxylic acids is 1. The smallest absolute Gasteiger partial charge is 0.251 e. The second-order valence-electron chi connectivity index (χ2n) is 6.39. The van der Waals surface area contributed by atoms with Gasteiger partial charge in [-0.1, -0.05) is 13.8 Å². The number of rotatable bonds is 9. The van der Waals surface area contributed by atoms with Gasteiger partial charge in [0.25, 0.3) is 5.91 Å². The summed E-state index contributed by atoms with van der Waals surface area (Å²) in [7, 11) is -3.54. The highest BCUT2D eigenvalue weighted by Gasteiger charge is 2.21. The zero-order valence-electron chi connectivity index (χ0n) is 16.9. The maximum Gasteiger partial charge on any atom is 0.251 e. The number of hydrogen-bond acceptors (Lipinski definition) is 6. The van der Waals surface area contributed by atoms with Crippen LogP contribution in [0.1, 0.15) is 24.2 Å². The lowest BCUT2D eigenvalue weighted by Crippen LogP contribution is -2.30. The number of nitrogens with one attached hydrogen (secondary N) is 1. The molecule has 0 saturated carbocycles. The van der Waals surface area contributed by atoms with Crippen molar-refractivity contribution in [3.05, 3.63) is 60.7 Å². The van der Waals surface area contributed by atoms with E-state index >= 15 is 0 Å². The molecule has 0 spiro atoms. The molecule has 10 heteroatoms. The van der Waals surface area contributed by atoms with Gasteiger partial charge in [-0.15, -0.1) is 0 Å². The van der Waals surface area contributed by atoms with Gasteiger partial charge in [0.2, 0.25) is 10.0 Å². The standard InChI is InChI=1S/C20H24N6O3S/c1-3-26(4-2)30(28,29)17-8-6-16(7-9-17)20(27)24-13-15-25-14-12-23-19(25)18-21-10-5-11-22-18/h5-12,14H,3-4,13,15H2,1-2H3,(H,24,27). The maximum absolute atomic E-state index is 12.5. The van der Waals surface area contributed by atoms with Gasteiger partial charge in [-0.25, -0.2) is 23.4 Å². The van der Waals surface area contributed by atoms with Crippen molar-refractivity contribution in [1.82, 2.24) is 29.1 Å². The SMILES string of the molecule is CCN(CC)S(=O)(=O)c1ccc(C(=O)NCCn2ccnc2-c2ncccn2)cc1. The largest absolute Gasteiger partial charge is 0.350 e. The molecular weight excluding hydrogens is 404 g/mol. The van der Waals surface area contributed by atoms with Crippen LogP contribution in [0, 0.1) is 0 Å². The van der Waals surface area contributed by atoms with Crippen molar-refractivity contribution in [3.8, 4) is 11.6 Å². The first-order valence-corrected chi connectivity index (χ1v) is 11.1. The molecule has 2 aromatic heterocycles. The van der Waals surface area contributed by atoms with Gasteiger partial charge in [0.05, 0.1) is 4.90 Å². The van der Waals surface area contributed by atoms with E-state index in [1.807, 2.05) is 4.57 Å². The molecule has 30 heavy (non-hydrogen) atoms. The number of benzene rings is 1. The van der Waals surface area contributed by atoms with Gasteiger partial charge in [-0.05, 0) is 30.3 Å². The number of carbonyl (C=O) groups is 1. The van der Waals surface area contributed by atoms with E-state index in [2.05, 4.69) is 20.3 Å². The Morgan fingerprint density at radius 2 is 1.70 bits per heavy atom. The predicted octanol–water partition coefficient (Wildman–Crippen LogP) is 1.80. The molecule has 0 bridgehead atoms. The highest BCUT2D eigenvalue weighted by Crippen LogP contribution is 2.16. The number of nitrogens with zero attached hydrogens (tertiary/aromatic N) is 5. The molecule has 0 aliphatic carbocycles. The molecule has 0 aliphatic rings. The van der Waals surface area contributed by atoms with Gasteiger partial charge in [-0.2, -0.15) is 4.31 Å².